The van der Waals surface area contributed by atoms with Gasteiger partial charge in [-0.3, -0.25) is 0 Å². The molecule has 2 aromatic carbocycles. The molecule has 0 unspecified atom stereocenters. The first-order valence-electron chi connectivity index (χ1n) is 7.73. The number of rotatable bonds is 2. The SMILES string of the molecule is CC(C)(C)c1ccc(C(=C2[C]=CC=C2)c2ccccc2)cc1. The summed E-state index contributed by atoms with van der Waals surface area (Å²) in [5.41, 5.74) is 6.39. The summed E-state index contributed by atoms with van der Waals surface area (Å²) in [6, 6.07) is 19.5. The monoisotopic (exact) mass is 285 g/mol. The lowest BCUT2D eigenvalue weighted by molar-refractivity contribution is 0.590. The van der Waals surface area contributed by atoms with E-state index in [4.69, 9.17) is 0 Å². The average molecular weight is 285 g/mol. The third kappa shape index (κ3) is 2.96. The fourth-order valence-electron chi connectivity index (χ4n) is 2.71. The van der Waals surface area contributed by atoms with Crippen LogP contribution in [0.2, 0.25) is 0 Å². The van der Waals surface area contributed by atoms with Crippen LogP contribution in [0.25, 0.3) is 5.57 Å². The van der Waals surface area contributed by atoms with Crippen LogP contribution in [0.1, 0.15) is 37.5 Å². The van der Waals surface area contributed by atoms with Gasteiger partial charge < -0.3 is 0 Å². The first kappa shape index (κ1) is 14.6. The van der Waals surface area contributed by atoms with E-state index in [0.717, 1.165) is 5.57 Å². The highest BCUT2D eigenvalue weighted by Gasteiger charge is 2.15. The van der Waals surface area contributed by atoms with Gasteiger partial charge in [0.05, 0.1) is 0 Å². The zero-order valence-corrected chi connectivity index (χ0v) is 13.4. The lowest BCUT2D eigenvalue weighted by Crippen LogP contribution is -2.10. The van der Waals surface area contributed by atoms with Crippen LogP contribution in [0.3, 0.4) is 0 Å². The van der Waals surface area contributed by atoms with Gasteiger partial charge in [0.1, 0.15) is 0 Å². The summed E-state index contributed by atoms with van der Waals surface area (Å²) in [6.07, 6.45) is 9.48. The Labute approximate surface area is 133 Å². The zero-order valence-electron chi connectivity index (χ0n) is 13.4. The topological polar surface area (TPSA) is 0 Å². The fraction of sp³-hybridized carbons (Fsp3) is 0.182. The van der Waals surface area contributed by atoms with Crippen molar-refractivity contribution in [2.75, 3.05) is 0 Å². The van der Waals surface area contributed by atoms with E-state index in [9.17, 15) is 0 Å². The summed E-state index contributed by atoms with van der Waals surface area (Å²) >= 11 is 0. The van der Waals surface area contributed by atoms with Gasteiger partial charge in [0.15, 0.2) is 0 Å². The second-order valence-corrected chi connectivity index (χ2v) is 6.65. The van der Waals surface area contributed by atoms with Gasteiger partial charge in [0, 0.05) is 0 Å². The highest BCUT2D eigenvalue weighted by molar-refractivity contribution is 5.85. The quantitative estimate of drug-likeness (QED) is 0.662. The standard InChI is InChI=1S/C22H21/c1-22(2,3)20-15-13-19(14-16-20)21(18-11-7-8-12-18)17-9-5-4-6-10-17/h4-11,13-16H,1-3H3. The zero-order chi connectivity index (χ0) is 15.6. The molecule has 2 aromatic rings. The van der Waals surface area contributed by atoms with Crippen molar-refractivity contribution in [3.63, 3.8) is 0 Å². The normalized spacial score (nSPS) is 16.1. The van der Waals surface area contributed by atoms with Crippen molar-refractivity contribution in [2.45, 2.75) is 26.2 Å². The molecule has 0 spiro atoms. The van der Waals surface area contributed by atoms with E-state index in [1.807, 2.05) is 12.2 Å². The van der Waals surface area contributed by atoms with E-state index in [1.165, 1.54) is 22.3 Å². The maximum absolute atomic E-state index is 3.34. The largest absolute Gasteiger partial charge is 0.0622 e. The molecule has 0 fully saturated rings. The van der Waals surface area contributed by atoms with E-state index in [-0.39, 0.29) is 5.41 Å². The molecule has 0 heterocycles. The van der Waals surface area contributed by atoms with Crippen LogP contribution in [0.4, 0.5) is 0 Å². The highest BCUT2D eigenvalue weighted by Crippen LogP contribution is 2.31. The Bertz CT molecular complexity index is 719. The lowest BCUT2D eigenvalue weighted by Gasteiger charge is -2.20. The predicted molar refractivity (Wildman–Crippen MR) is 94.6 cm³/mol. The molecule has 0 heteroatoms. The van der Waals surface area contributed by atoms with Crippen LogP contribution in [-0.4, -0.2) is 0 Å². The second kappa shape index (κ2) is 5.81. The van der Waals surface area contributed by atoms with E-state index in [2.05, 4.69) is 87.5 Å². The van der Waals surface area contributed by atoms with Crippen LogP contribution in [0.5, 0.6) is 0 Å². The summed E-state index contributed by atoms with van der Waals surface area (Å²) in [5.74, 6) is 0. The van der Waals surface area contributed by atoms with Crippen LogP contribution < -0.4 is 0 Å². The Kier molecular flexibility index (Phi) is 3.85. The Morgan fingerprint density at radius 3 is 2.00 bits per heavy atom. The molecule has 0 amide bonds. The van der Waals surface area contributed by atoms with Crippen molar-refractivity contribution in [3.8, 4) is 0 Å². The van der Waals surface area contributed by atoms with Crippen molar-refractivity contribution in [1.29, 1.82) is 0 Å². The number of benzene rings is 2. The summed E-state index contributed by atoms with van der Waals surface area (Å²) in [4.78, 5) is 0. The maximum Gasteiger partial charge on any atom is -0.00326 e. The van der Waals surface area contributed by atoms with Gasteiger partial charge in [-0.1, -0.05) is 93.6 Å². The van der Waals surface area contributed by atoms with E-state index in [1.54, 1.807) is 0 Å². The third-order valence-corrected chi connectivity index (χ3v) is 3.97. The molecular weight excluding hydrogens is 264 g/mol. The molecule has 0 nitrogen and oxygen atoms in total. The lowest BCUT2D eigenvalue weighted by atomic mass is 9.85. The van der Waals surface area contributed by atoms with Gasteiger partial charge in [-0.2, -0.15) is 0 Å². The fourth-order valence-corrected chi connectivity index (χ4v) is 2.71. The minimum absolute atomic E-state index is 0.178. The van der Waals surface area contributed by atoms with Gasteiger partial charge in [-0.05, 0) is 39.3 Å². The summed E-state index contributed by atoms with van der Waals surface area (Å²) in [7, 11) is 0. The van der Waals surface area contributed by atoms with E-state index >= 15 is 0 Å². The molecule has 0 aromatic heterocycles. The molecule has 1 aliphatic rings. The van der Waals surface area contributed by atoms with Gasteiger partial charge in [-0.15, -0.1) is 0 Å². The van der Waals surface area contributed by atoms with E-state index < -0.39 is 0 Å². The molecule has 22 heavy (non-hydrogen) atoms. The average Bonchev–Trinajstić information content (AvgIpc) is 3.02. The number of allylic oxidation sites excluding steroid dienone is 5. The third-order valence-electron chi connectivity index (χ3n) is 3.97. The first-order valence-corrected chi connectivity index (χ1v) is 7.73. The second-order valence-electron chi connectivity index (χ2n) is 6.65. The molecule has 1 aliphatic carbocycles. The van der Waals surface area contributed by atoms with Crippen LogP contribution in [-0.2, 0) is 5.41 Å². The Morgan fingerprint density at radius 1 is 0.818 bits per heavy atom. The van der Waals surface area contributed by atoms with Gasteiger partial charge in [0.25, 0.3) is 0 Å². The van der Waals surface area contributed by atoms with Crippen LogP contribution >= 0.6 is 0 Å². The van der Waals surface area contributed by atoms with Gasteiger partial charge >= 0.3 is 0 Å². The summed E-state index contributed by atoms with van der Waals surface area (Å²) < 4.78 is 0. The number of hydrogen-bond donors (Lipinski definition) is 0. The molecule has 1 radical (unpaired) electrons. The molecule has 3 rings (SSSR count). The molecule has 0 saturated carbocycles. The van der Waals surface area contributed by atoms with Crippen LogP contribution in [0, 0.1) is 6.08 Å². The molecule has 0 atom stereocenters. The van der Waals surface area contributed by atoms with Gasteiger partial charge in [-0.25, -0.2) is 0 Å². The molecule has 0 N–H and O–H groups in total. The van der Waals surface area contributed by atoms with Crippen molar-refractivity contribution in [1.82, 2.24) is 0 Å². The molecule has 0 aliphatic heterocycles. The molecule has 0 bridgehead atoms. The molecule has 0 saturated heterocycles. The molecular formula is C22H21. The molecule has 109 valence electrons. The predicted octanol–water partition coefficient (Wildman–Crippen LogP) is 5.72. The minimum atomic E-state index is 0.178. The van der Waals surface area contributed by atoms with Crippen molar-refractivity contribution in [3.05, 3.63) is 101 Å². The van der Waals surface area contributed by atoms with Gasteiger partial charge in [0.2, 0.25) is 0 Å². The maximum atomic E-state index is 3.34. The van der Waals surface area contributed by atoms with Crippen molar-refractivity contribution >= 4 is 5.57 Å². The van der Waals surface area contributed by atoms with Crippen LogP contribution in [0.15, 0.2) is 78.4 Å². The Balaban J connectivity index is 2.10. The summed E-state index contributed by atoms with van der Waals surface area (Å²) in [6.45, 7) is 6.73. The van der Waals surface area contributed by atoms with Crippen molar-refractivity contribution in [2.24, 2.45) is 0 Å². The minimum Gasteiger partial charge on any atom is -0.0622 e. The van der Waals surface area contributed by atoms with E-state index in [0.29, 0.717) is 0 Å². The first-order chi connectivity index (χ1) is 10.6. The number of hydrogen-bond acceptors (Lipinski definition) is 0. The Hall–Kier alpha value is -2.34. The summed E-state index contributed by atoms with van der Waals surface area (Å²) in [5, 5.41) is 0. The Morgan fingerprint density at radius 2 is 1.45 bits per heavy atom. The highest BCUT2D eigenvalue weighted by atomic mass is 14.2. The smallest absolute Gasteiger partial charge is 0.00326 e. The van der Waals surface area contributed by atoms with Crippen molar-refractivity contribution < 1.29 is 0 Å².